The Morgan fingerprint density at radius 3 is 2.25 bits per heavy atom. The topological polar surface area (TPSA) is 49.9 Å². The molecule has 3 rings (SSSR count). The molecule has 0 aliphatic carbocycles. The molecule has 0 unspecified atom stereocenters. The van der Waals surface area contributed by atoms with Gasteiger partial charge in [-0.25, -0.2) is 4.79 Å². The number of carbonyl (C=O) groups excluding carboxylic acids is 2. The third kappa shape index (κ3) is 4.27. The van der Waals surface area contributed by atoms with Crippen LogP contribution in [-0.2, 0) is 22.1 Å². The van der Waals surface area contributed by atoms with Crippen molar-refractivity contribution in [2.45, 2.75) is 19.5 Å². The second-order valence-corrected chi connectivity index (χ2v) is 6.29. The summed E-state index contributed by atoms with van der Waals surface area (Å²) in [4.78, 5) is 27.2. The summed E-state index contributed by atoms with van der Waals surface area (Å²) in [5.41, 5.74) is 1.09. The molecule has 0 atom stereocenters. The zero-order valence-corrected chi connectivity index (χ0v) is 15.2. The van der Waals surface area contributed by atoms with Crippen molar-refractivity contribution >= 4 is 23.4 Å². The van der Waals surface area contributed by atoms with Crippen molar-refractivity contribution in [1.82, 2.24) is 0 Å². The molecule has 28 heavy (non-hydrogen) atoms. The molecule has 0 N–H and O–H groups in total. The van der Waals surface area contributed by atoms with Gasteiger partial charge < -0.3 is 9.64 Å². The molecule has 8 heteroatoms. The maximum atomic E-state index is 12.7. The van der Waals surface area contributed by atoms with Crippen LogP contribution in [0, 0.1) is 0 Å². The first kappa shape index (κ1) is 19.7. The van der Waals surface area contributed by atoms with Crippen molar-refractivity contribution in [2.75, 3.05) is 29.5 Å². The SMILES string of the molecule is CCN(C(=O)Cc1ccc(N2CCOC2=O)cc1)c1ccc(C(F)(F)F)cc1. The first-order chi connectivity index (χ1) is 13.3. The molecule has 148 valence electrons. The van der Waals surface area contributed by atoms with Gasteiger partial charge in [-0.15, -0.1) is 0 Å². The molecule has 5 nitrogen and oxygen atoms in total. The number of carbonyl (C=O) groups is 2. The van der Waals surface area contributed by atoms with Crippen LogP contribution in [0.4, 0.5) is 29.3 Å². The standard InChI is InChI=1S/C20H19F3N2O3/c1-2-24(16-9-5-15(6-10-16)20(21,22)23)18(26)13-14-3-7-17(8-4-14)25-11-12-28-19(25)27/h3-10H,2,11-13H2,1H3. The van der Waals surface area contributed by atoms with Gasteiger partial charge in [-0.05, 0) is 48.9 Å². The van der Waals surface area contributed by atoms with Crippen LogP contribution in [0.25, 0.3) is 0 Å². The largest absolute Gasteiger partial charge is 0.447 e. The number of alkyl halides is 3. The average molecular weight is 392 g/mol. The van der Waals surface area contributed by atoms with E-state index in [9.17, 15) is 22.8 Å². The van der Waals surface area contributed by atoms with Gasteiger partial charge in [-0.1, -0.05) is 12.1 Å². The molecule has 2 aromatic rings. The Morgan fingerprint density at radius 2 is 1.75 bits per heavy atom. The maximum absolute atomic E-state index is 12.7. The number of ether oxygens (including phenoxy) is 1. The fourth-order valence-electron chi connectivity index (χ4n) is 3.03. The van der Waals surface area contributed by atoms with Crippen LogP contribution >= 0.6 is 0 Å². The lowest BCUT2D eigenvalue weighted by Crippen LogP contribution is -2.32. The predicted molar refractivity (Wildman–Crippen MR) is 98.3 cm³/mol. The molecule has 0 bridgehead atoms. The Kier molecular flexibility index (Phi) is 5.58. The lowest BCUT2D eigenvalue weighted by molar-refractivity contribution is -0.137. The zero-order valence-electron chi connectivity index (χ0n) is 15.2. The Morgan fingerprint density at radius 1 is 1.11 bits per heavy atom. The highest BCUT2D eigenvalue weighted by Gasteiger charge is 2.30. The van der Waals surface area contributed by atoms with Gasteiger partial charge in [-0.3, -0.25) is 9.69 Å². The number of benzene rings is 2. The number of nitrogens with zero attached hydrogens (tertiary/aromatic N) is 2. The van der Waals surface area contributed by atoms with Gasteiger partial charge in [-0.2, -0.15) is 13.2 Å². The van der Waals surface area contributed by atoms with E-state index in [4.69, 9.17) is 4.74 Å². The second kappa shape index (κ2) is 7.92. The molecule has 1 heterocycles. The molecule has 0 saturated carbocycles. The third-order valence-electron chi connectivity index (χ3n) is 4.49. The van der Waals surface area contributed by atoms with Crippen LogP contribution in [0.15, 0.2) is 48.5 Å². The van der Waals surface area contributed by atoms with Crippen molar-refractivity contribution in [1.29, 1.82) is 0 Å². The molecule has 2 aromatic carbocycles. The molecule has 1 saturated heterocycles. The summed E-state index contributed by atoms with van der Waals surface area (Å²) < 4.78 is 43.0. The van der Waals surface area contributed by atoms with Gasteiger partial charge in [0.2, 0.25) is 5.91 Å². The number of hydrogen-bond acceptors (Lipinski definition) is 3. The van der Waals surface area contributed by atoms with Crippen LogP contribution in [0.3, 0.4) is 0 Å². The van der Waals surface area contributed by atoms with Gasteiger partial charge in [0.1, 0.15) is 6.61 Å². The molecule has 1 aliphatic heterocycles. The first-order valence-electron chi connectivity index (χ1n) is 8.80. The molecular formula is C20H19F3N2O3. The Hall–Kier alpha value is -3.03. The fraction of sp³-hybridized carbons (Fsp3) is 0.300. The molecular weight excluding hydrogens is 373 g/mol. The van der Waals surface area contributed by atoms with Gasteiger partial charge in [0, 0.05) is 17.9 Å². The molecule has 1 aliphatic rings. The van der Waals surface area contributed by atoms with Crippen LogP contribution in [0.5, 0.6) is 0 Å². The highest BCUT2D eigenvalue weighted by molar-refractivity contribution is 5.95. The minimum Gasteiger partial charge on any atom is -0.447 e. The first-order valence-corrected chi connectivity index (χ1v) is 8.80. The van der Waals surface area contributed by atoms with Crippen molar-refractivity contribution < 1.29 is 27.5 Å². The summed E-state index contributed by atoms with van der Waals surface area (Å²) in [6.45, 7) is 2.92. The highest BCUT2D eigenvalue weighted by atomic mass is 19.4. The summed E-state index contributed by atoms with van der Waals surface area (Å²) in [7, 11) is 0. The maximum Gasteiger partial charge on any atom is 0.416 e. The second-order valence-electron chi connectivity index (χ2n) is 6.29. The van der Waals surface area contributed by atoms with Gasteiger partial charge >= 0.3 is 12.3 Å². The lowest BCUT2D eigenvalue weighted by atomic mass is 10.1. The molecule has 0 spiro atoms. The predicted octanol–water partition coefficient (Wildman–Crippen LogP) is 4.26. The normalized spacial score (nSPS) is 14.1. The quantitative estimate of drug-likeness (QED) is 0.764. The van der Waals surface area contributed by atoms with Crippen LogP contribution < -0.4 is 9.80 Å². The fourth-order valence-corrected chi connectivity index (χ4v) is 3.03. The van der Waals surface area contributed by atoms with E-state index in [2.05, 4.69) is 0 Å². The summed E-state index contributed by atoms with van der Waals surface area (Å²) in [6.07, 6.45) is -4.72. The van der Waals surface area contributed by atoms with E-state index in [1.807, 2.05) is 0 Å². The number of anilines is 2. The van der Waals surface area contributed by atoms with Gasteiger partial charge in [0.05, 0.1) is 18.5 Å². The monoisotopic (exact) mass is 392 g/mol. The van der Waals surface area contributed by atoms with E-state index in [1.165, 1.54) is 21.9 Å². The van der Waals surface area contributed by atoms with Crippen molar-refractivity contribution in [3.05, 3.63) is 59.7 Å². The number of cyclic esters (lactones) is 1. The van der Waals surface area contributed by atoms with Crippen LogP contribution in [-0.4, -0.2) is 31.7 Å². The van der Waals surface area contributed by atoms with E-state index in [1.54, 1.807) is 31.2 Å². The molecule has 1 fully saturated rings. The summed E-state index contributed by atoms with van der Waals surface area (Å²) >= 11 is 0. The van der Waals surface area contributed by atoms with E-state index in [0.29, 0.717) is 31.1 Å². The Balaban J connectivity index is 1.69. The van der Waals surface area contributed by atoms with E-state index in [0.717, 1.165) is 17.7 Å². The number of halogens is 3. The summed E-state index contributed by atoms with van der Waals surface area (Å²) in [5, 5.41) is 0. The zero-order chi connectivity index (χ0) is 20.3. The van der Waals surface area contributed by atoms with Crippen LogP contribution in [0.2, 0.25) is 0 Å². The summed E-state index contributed by atoms with van der Waals surface area (Å²) in [5.74, 6) is -0.226. The number of rotatable bonds is 5. The highest BCUT2D eigenvalue weighted by Crippen LogP contribution is 2.30. The molecule has 0 aromatic heterocycles. The van der Waals surface area contributed by atoms with E-state index >= 15 is 0 Å². The van der Waals surface area contributed by atoms with Crippen LogP contribution in [0.1, 0.15) is 18.1 Å². The van der Waals surface area contributed by atoms with Gasteiger partial charge in [0.25, 0.3) is 0 Å². The molecule has 2 amide bonds. The number of hydrogen-bond donors (Lipinski definition) is 0. The lowest BCUT2D eigenvalue weighted by Gasteiger charge is -2.22. The minimum atomic E-state index is -4.41. The van der Waals surface area contributed by atoms with Gasteiger partial charge in [0.15, 0.2) is 0 Å². The molecule has 0 radical (unpaired) electrons. The minimum absolute atomic E-state index is 0.0968. The third-order valence-corrected chi connectivity index (χ3v) is 4.49. The Bertz CT molecular complexity index is 848. The summed E-state index contributed by atoms with van der Waals surface area (Å²) in [6, 6.07) is 11.5. The number of likely N-dealkylation sites (N-methyl/N-ethyl adjacent to an activating group) is 1. The van der Waals surface area contributed by atoms with E-state index in [-0.39, 0.29) is 12.3 Å². The van der Waals surface area contributed by atoms with Crippen molar-refractivity contribution in [2.24, 2.45) is 0 Å². The van der Waals surface area contributed by atoms with E-state index < -0.39 is 17.8 Å². The Labute approximate surface area is 160 Å². The van der Waals surface area contributed by atoms with Crippen molar-refractivity contribution in [3.63, 3.8) is 0 Å². The average Bonchev–Trinajstić information content (AvgIpc) is 3.09. The van der Waals surface area contributed by atoms with Crippen molar-refractivity contribution in [3.8, 4) is 0 Å². The number of amides is 2. The smallest absolute Gasteiger partial charge is 0.416 e.